The van der Waals surface area contributed by atoms with Crippen LogP contribution in [-0.2, 0) is 5.41 Å². The van der Waals surface area contributed by atoms with Crippen LogP contribution in [0.1, 0.15) is 44.1 Å². The summed E-state index contributed by atoms with van der Waals surface area (Å²) in [5.41, 5.74) is 4.28. The van der Waals surface area contributed by atoms with Gasteiger partial charge in [0.1, 0.15) is 5.82 Å². The van der Waals surface area contributed by atoms with Crippen molar-refractivity contribution in [1.29, 1.82) is 0 Å². The van der Waals surface area contributed by atoms with Gasteiger partial charge >= 0.3 is 0 Å². The number of fused-ring (bicyclic) bond motifs is 1. The minimum atomic E-state index is 0.0295. The third kappa shape index (κ3) is 2.62. The van der Waals surface area contributed by atoms with Crippen LogP contribution < -0.4 is 10.6 Å². The first-order chi connectivity index (χ1) is 9.86. The van der Waals surface area contributed by atoms with Gasteiger partial charge in [-0.2, -0.15) is 9.61 Å². The summed E-state index contributed by atoms with van der Waals surface area (Å²) in [6, 6.07) is 2.57. The van der Waals surface area contributed by atoms with E-state index in [2.05, 4.69) is 56.3 Å². The maximum atomic E-state index is 4.80. The van der Waals surface area contributed by atoms with Crippen LogP contribution in [-0.4, -0.2) is 33.7 Å². The van der Waals surface area contributed by atoms with Crippen molar-refractivity contribution in [3.05, 3.63) is 23.0 Å². The second-order valence-corrected chi connectivity index (χ2v) is 7.05. The molecular formula is C16H25N5. The van der Waals surface area contributed by atoms with Gasteiger partial charge in [-0.05, 0) is 26.8 Å². The summed E-state index contributed by atoms with van der Waals surface area (Å²) in [6.07, 6.45) is 1.15. The molecule has 5 nitrogen and oxygen atoms in total. The predicted molar refractivity (Wildman–Crippen MR) is 86.1 cm³/mol. The predicted octanol–water partition coefficient (Wildman–Crippen LogP) is 2.42. The summed E-state index contributed by atoms with van der Waals surface area (Å²) < 4.78 is 1.97. The summed E-state index contributed by atoms with van der Waals surface area (Å²) in [7, 11) is 0. The SMILES string of the molecule is Cc1nc2cc(C(C)(C)C)nn2c(NC2CCNC2)c1C. The van der Waals surface area contributed by atoms with Crippen LogP contribution in [0.5, 0.6) is 0 Å². The smallest absolute Gasteiger partial charge is 0.157 e. The van der Waals surface area contributed by atoms with Crippen molar-refractivity contribution >= 4 is 11.5 Å². The van der Waals surface area contributed by atoms with Crippen molar-refractivity contribution < 1.29 is 0 Å². The molecule has 0 aromatic carbocycles. The van der Waals surface area contributed by atoms with Crippen LogP contribution in [0.3, 0.4) is 0 Å². The van der Waals surface area contributed by atoms with Gasteiger partial charge in [0.2, 0.25) is 0 Å². The summed E-state index contributed by atoms with van der Waals surface area (Å²) in [5, 5.41) is 11.9. The highest BCUT2D eigenvalue weighted by Crippen LogP contribution is 2.26. The molecule has 1 atom stereocenters. The minimum Gasteiger partial charge on any atom is -0.366 e. The molecule has 0 bridgehead atoms. The molecule has 1 saturated heterocycles. The Hall–Kier alpha value is -1.62. The number of nitrogens with zero attached hydrogens (tertiary/aromatic N) is 3. The third-order valence-electron chi connectivity index (χ3n) is 4.25. The fraction of sp³-hybridized carbons (Fsp3) is 0.625. The zero-order valence-corrected chi connectivity index (χ0v) is 13.6. The van der Waals surface area contributed by atoms with Gasteiger partial charge in [-0.25, -0.2) is 4.98 Å². The molecule has 1 aliphatic rings. The quantitative estimate of drug-likeness (QED) is 0.890. The minimum absolute atomic E-state index is 0.0295. The van der Waals surface area contributed by atoms with Crippen molar-refractivity contribution in [3.63, 3.8) is 0 Å². The number of anilines is 1. The molecule has 3 heterocycles. The molecule has 2 N–H and O–H groups in total. The van der Waals surface area contributed by atoms with Gasteiger partial charge in [0, 0.05) is 35.3 Å². The first kappa shape index (κ1) is 14.3. The van der Waals surface area contributed by atoms with Crippen LogP contribution in [0, 0.1) is 13.8 Å². The Balaban J connectivity index is 2.11. The number of hydrogen-bond donors (Lipinski definition) is 2. The Bertz CT molecular complexity index is 659. The van der Waals surface area contributed by atoms with Gasteiger partial charge in [0.15, 0.2) is 5.65 Å². The van der Waals surface area contributed by atoms with E-state index in [0.717, 1.165) is 42.4 Å². The summed E-state index contributed by atoms with van der Waals surface area (Å²) >= 11 is 0. The average molecular weight is 287 g/mol. The number of rotatable bonds is 2. The fourth-order valence-electron chi connectivity index (χ4n) is 2.71. The molecule has 114 valence electrons. The molecule has 0 aliphatic carbocycles. The molecule has 0 amide bonds. The first-order valence-electron chi connectivity index (χ1n) is 7.71. The lowest BCUT2D eigenvalue weighted by atomic mass is 9.93. The van der Waals surface area contributed by atoms with E-state index in [-0.39, 0.29) is 5.41 Å². The Kier molecular flexibility index (Phi) is 3.40. The number of aryl methyl sites for hydroxylation is 1. The lowest BCUT2D eigenvalue weighted by Crippen LogP contribution is -2.24. The Morgan fingerprint density at radius 3 is 2.71 bits per heavy atom. The number of hydrogen-bond acceptors (Lipinski definition) is 4. The van der Waals surface area contributed by atoms with Crippen molar-refractivity contribution in [3.8, 4) is 0 Å². The molecule has 3 rings (SSSR count). The highest BCUT2D eigenvalue weighted by molar-refractivity contribution is 5.56. The summed E-state index contributed by atoms with van der Waals surface area (Å²) in [5.74, 6) is 1.08. The molecular weight excluding hydrogens is 262 g/mol. The molecule has 1 fully saturated rings. The van der Waals surface area contributed by atoms with Gasteiger partial charge in [-0.15, -0.1) is 0 Å². The second-order valence-electron chi connectivity index (χ2n) is 7.05. The fourth-order valence-corrected chi connectivity index (χ4v) is 2.71. The second kappa shape index (κ2) is 4.98. The van der Waals surface area contributed by atoms with Crippen LogP contribution in [0.25, 0.3) is 5.65 Å². The molecule has 1 unspecified atom stereocenters. The topological polar surface area (TPSA) is 54.2 Å². The van der Waals surface area contributed by atoms with E-state index in [0.29, 0.717) is 6.04 Å². The highest BCUT2D eigenvalue weighted by atomic mass is 15.3. The van der Waals surface area contributed by atoms with Crippen molar-refractivity contribution in [2.75, 3.05) is 18.4 Å². The third-order valence-corrected chi connectivity index (χ3v) is 4.25. The largest absolute Gasteiger partial charge is 0.366 e. The maximum absolute atomic E-state index is 4.80. The van der Waals surface area contributed by atoms with E-state index in [9.17, 15) is 0 Å². The molecule has 0 spiro atoms. The molecule has 1 aliphatic heterocycles. The Labute approximate surface area is 126 Å². The van der Waals surface area contributed by atoms with E-state index >= 15 is 0 Å². The molecule has 0 saturated carbocycles. The van der Waals surface area contributed by atoms with Gasteiger partial charge in [-0.1, -0.05) is 20.8 Å². The number of nitrogens with one attached hydrogen (secondary N) is 2. The van der Waals surface area contributed by atoms with Crippen LogP contribution in [0.2, 0.25) is 0 Å². The molecule has 0 radical (unpaired) electrons. The molecule has 2 aromatic rings. The van der Waals surface area contributed by atoms with Gasteiger partial charge < -0.3 is 10.6 Å². The van der Waals surface area contributed by atoms with Crippen molar-refractivity contribution in [1.82, 2.24) is 19.9 Å². The molecule has 5 heteroatoms. The van der Waals surface area contributed by atoms with Gasteiger partial charge in [0.25, 0.3) is 0 Å². The summed E-state index contributed by atoms with van der Waals surface area (Å²) in [6.45, 7) is 12.8. The van der Waals surface area contributed by atoms with E-state index in [1.54, 1.807) is 0 Å². The molecule has 21 heavy (non-hydrogen) atoms. The van der Waals surface area contributed by atoms with Crippen LogP contribution in [0.15, 0.2) is 6.07 Å². The van der Waals surface area contributed by atoms with E-state index in [1.807, 2.05) is 4.52 Å². The number of aromatic nitrogens is 3. The maximum Gasteiger partial charge on any atom is 0.157 e. The van der Waals surface area contributed by atoms with E-state index in [1.165, 1.54) is 5.56 Å². The van der Waals surface area contributed by atoms with Gasteiger partial charge in [0.05, 0.1) is 5.69 Å². The van der Waals surface area contributed by atoms with E-state index in [4.69, 9.17) is 5.10 Å². The monoisotopic (exact) mass is 287 g/mol. The van der Waals surface area contributed by atoms with Crippen LogP contribution >= 0.6 is 0 Å². The normalized spacial score (nSPS) is 19.4. The van der Waals surface area contributed by atoms with Crippen molar-refractivity contribution in [2.45, 2.75) is 52.5 Å². The highest BCUT2D eigenvalue weighted by Gasteiger charge is 2.22. The Morgan fingerprint density at radius 1 is 1.33 bits per heavy atom. The van der Waals surface area contributed by atoms with Gasteiger partial charge in [-0.3, -0.25) is 0 Å². The van der Waals surface area contributed by atoms with E-state index < -0.39 is 0 Å². The summed E-state index contributed by atoms with van der Waals surface area (Å²) in [4.78, 5) is 4.69. The standard InChI is InChI=1S/C16H25N5/c1-10-11(2)18-14-8-13(16(3,4)5)20-21(14)15(10)19-12-6-7-17-9-12/h8,12,17,19H,6-7,9H2,1-5H3. The zero-order chi connectivity index (χ0) is 15.2. The molecule has 2 aromatic heterocycles. The van der Waals surface area contributed by atoms with Crippen LogP contribution in [0.4, 0.5) is 5.82 Å². The lowest BCUT2D eigenvalue weighted by molar-refractivity contribution is 0.562. The first-order valence-corrected chi connectivity index (χ1v) is 7.71. The van der Waals surface area contributed by atoms with Crippen molar-refractivity contribution in [2.24, 2.45) is 0 Å². The Morgan fingerprint density at radius 2 is 2.10 bits per heavy atom. The lowest BCUT2D eigenvalue weighted by Gasteiger charge is -2.17. The average Bonchev–Trinajstić information content (AvgIpc) is 3.02. The zero-order valence-electron chi connectivity index (χ0n) is 13.6.